The van der Waals surface area contributed by atoms with Gasteiger partial charge in [-0.15, -0.1) is 0 Å². The molecule has 0 spiro atoms. The lowest BCUT2D eigenvalue weighted by Crippen LogP contribution is -2.17. The van der Waals surface area contributed by atoms with Gasteiger partial charge in [0.1, 0.15) is 0 Å². The van der Waals surface area contributed by atoms with Crippen LogP contribution in [0.15, 0.2) is 24.3 Å². The van der Waals surface area contributed by atoms with Gasteiger partial charge < -0.3 is 5.11 Å². The van der Waals surface area contributed by atoms with E-state index in [-0.39, 0.29) is 5.25 Å². The van der Waals surface area contributed by atoms with E-state index < -0.39 is 6.10 Å². The first kappa shape index (κ1) is 5.92. The quantitative estimate of drug-likeness (QED) is 0.462. The first-order valence-electron chi connectivity index (χ1n) is 2.52. The van der Waals surface area contributed by atoms with Gasteiger partial charge >= 0.3 is 0 Å². The van der Waals surface area contributed by atoms with Crippen molar-refractivity contribution in [2.75, 3.05) is 0 Å². The zero-order valence-corrected chi connectivity index (χ0v) is 5.25. The Labute approximate surface area is 54.1 Å². The van der Waals surface area contributed by atoms with E-state index in [1.165, 1.54) is 0 Å². The van der Waals surface area contributed by atoms with Crippen LogP contribution in [0.4, 0.5) is 0 Å². The summed E-state index contributed by atoms with van der Waals surface area (Å²) in [6, 6.07) is 0. The predicted octanol–water partition coefficient (Wildman–Crippen LogP) is 0.772. The second-order valence-corrected chi connectivity index (χ2v) is 2.35. The average molecular weight is 128 g/mol. The van der Waals surface area contributed by atoms with Crippen molar-refractivity contribution in [1.82, 2.24) is 0 Å². The summed E-state index contributed by atoms with van der Waals surface area (Å²) in [7, 11) is 0. The minimum absolute atomic E-state index is 0.0139. The van der Waals surface area contributed by atoms with Gasteiger partial charge in [-0.05, 0) is 0 Å². The highest BCUT2D eigenvalue weighted by molar-refractivity contribution is 7.81. The van der Waals surface area contributed by atoms with Gasteiger partial charge in [0.25, 0.3) is 0 Å². The molecule has 1 aliphatic carbocycles. The fraction of sp³-hybridized carbons (Fsp3) is 0.333. The van der Waals surface area contributed by atoms with Gasteiger partial charge in [-0.1, -0.05) is 24.3 Å². The number of rotatable bonds is 0. The summed E-state index contributed by atoms with van der Waals surface area (Å²) < 4.78 is 0. The van der Waals surface area contributed by atoms with Crippen LogP contribution in [0.5, 0.6) is 0 Å². The fourth-order valence-corrected chi connectivity index (χ4v) is 0.782. The smallest absolute Gasteiger partial charge is 0.0875 e. The lowest BCUT2D eigenvalue weighted by molar-refractivity contribution is 0.231. The number of aliphatic hydroxyl groups excluding tert-OH is 1. The van der Waals surface area contributed by atoms with Gasteiger partial charge in [-0.2, -0.15) is 12.6 Å². The highest BCUT2D eigenvalue weighted by atomic mass is 32.1. The molecule has 2 heteroatoms. The van der Waals surface area contributed by atoms with Crippen LogP contribution >= 0.6 is 12.6 Å². The maximum Gasteiger partial charge on any atom is 0.0875 e. The molecule has 0 saturated heterocycles. The Kier molecular flexibility index (Phi) is 1.76. The molecule has 44 valence electrons. The summed E-state index contributed by atoms with van der Waals surface area (Å²) in [5, 5.41) is 8.95. The first-order chi connectivity index (χ1) is 3.80. The Morgan fingerprint density at radius 2 is 1.88 bits per heavy atom. The van der Waals surface area contributed by atoms with Gasteiger partial charge in [-0.25, -0.2) is 0 Å². The number of allylic oxidation sites excluding steroid dienone is 2. The second-order valence-electron chi connectivity index (χ2n) is 1.75. The van der Waals surface area contributed by atoms with Crippen LogP contribution in [0.25, 0.3) is 0 Å². The van der Waals surface area contributed by atoms with Crippen molar-refractivity contribution < 1.29 is 5.11 Å². The van der Waals surface area contributed by atoms with Crippen molar-refractivity contribution in [3.63, 3.8) is 0 Å². The van der Waals surface area contributed by atoms with E-state index in [1.807, 2.05) is 18.2 Å². The molecule has 0 radical (unpaired) electrons. The van der Waals surface area contributed by atoms with E-state index in [0.717, 1.165) is 0 Å². The maximum absolute atomic E-state index is 8.96. The van der Waals surface area contributed by atoms with E-state index in [0.29, 0.717) is 0 Å². The Morgan fingerprint density at radius 3 is 2.25 bits per heavy atom. The zero-order valence-electron chi connectivity index (χ0n) is 4.36. The minimum atomic E-state index is -0.400. The molecule has 1 N–H and O–H groups in total. The van der Waals surface area contributed by atoms with Crippen LogP contribution in [0.2, 0.25) is 0 Å². The van der Waals surface area contributed by atoms with Crippen molar-refractivity contribution in [2.24, 2.45) is 0 Å². The second kappa shape index (κ2) is 2.37. The van der Waals surface area contributed by atoms with E-state index in [2.05, 4.69) is 12.6 Å². The molecule has 0 aromatic carbocycles. The average Bonchev–Trinajstić information content (AvgIpc) is 1.77. The van der Waals surface area contributed by atoms with Crippen molar-refractivity contribution >= 4 is 12.6 Å². The third kappa shape index (κ3) is 1.14. The fourth-order valence-electron chi connectivity index (χ4n) is 0.584. The van der Waals surface area contributed by atoms with Crippen LogP contribution in [0, 0.1) is 0 Å². The summed E-state index contributed by atoms with van der Waals surface area (Å²) in [4.78, 5) is 0. The summed E-state index contributed by atoms with van der Waals surface area (Å²) in [6.45, 7) is 0. The van der Waals surface area contributed by atoms with Gasteiger partial charge in [0.05, 0.1) is 6.10 Å². The van der Waals surface area contributed by atoms with Crippen molar-refractivity contribution in [3.05, 3.63) is 24.3 Å². The third-order valence-electron chi connectivity index (χ3n) is 1.08. The van der Waals surface area contributed by atoms with E-state index >= 15 is 0 Å². The minimum Gasteiger partial charge on any atom is -0.388 e. The van der Waals surface area contributed by atoms with Crippen LogP contribution in [-0.4, -0.2) is 16.5 Å². The van der Waals surface area contributed by atoms with Crippen LogP contribution in [0.1, 0.15) is 0 Å². The van der Waals surface area contributed by atoms with Crippen LogP contribution in [0.3, 0.4) is 0 Å². The highest BCUT2D eigenvalue weighted by Gasteiger charge is 2.08. The van der Waals surface area contributed by atoms with E-state index in [9.17, 15) is 0 Å². The molecule has 1 aliphatic rings. The lowest BCUT2D eigenvalue weighted by atomic mass is 10.1. The third-order valence-corrected chi connectivity index (χ3v) is 1.56. The van der Waals surface area contributed by atoms with Crippen molar-refractivity contribution in [2.45, 2.75) is 11.4 Å². The number of hydrogen-bond donors (Lipinski definition) is 2. The SMILES string of the molecule is O[C@H]1C=CC=C[C@@H]1S. The molecule has 1 nitrogen and oxygen atoms in total. The topological polar surface area (TPSA) is 20.2 Å². The standard InChI is InChI=1S/C6H8OS/c7-5-3-1-2-4-6(5)8/h1-8H/t5-,6-/m0/s1. The Morgan fingerprint density at radius 1 is 1.25 bits per heavy atom. The Hall–Kier alpha value is -0.210. The van der Waals surface area contributed by atoms with E-state index in [1.54, 1.807) is 6.08 Å². The van der Waals surface area contributed by atoms with Crippen molar-refractivity contribution in [1.29, 1.82) is 0 Å². The van der Waals surface area contributed by atoms with E-state index in [4.69, 9.17) is 5.11 Å². The molecule has 0 heterocycles. The molecule has 0 saturated carbocycles. The molecule has 0 bridgehead atoms. The summed E-state index contributed by atoms with van der Waals surface area (Å²) >= 11 is 4.07. The molecule has 8 heavy (non-hydrogen) atoms. The monoisotopic (exact) mass is 128 g/mol. The zero-order chi connectivity index (χ0) is 5.98. The molecule has 2 atom stereocenters. The summed E-state index contributed by atoms with van der Waals surface area (Å²) in [6.07, 6.45) is 6.87. The maximum atomic E-state index is 8.96. The lowest BCUT2D eigenvalue weighted by Gasteiger charge is -2.11. The van der Waals surface area contributed by atoms with Gasteiger partial charge in [0.2, 0.25) is 0 Å². The predicted molar refractivity (Wildman–Crippen MR) is 37.1 cm³/mol. The van der Waals surface area contributed by atoms with Gasteiger partial charge in [0, 0.05) is 5.25 Å². The van der Waals surface area contributed by atoms with Gasteiger partial charge in [0.15, 0.2) is 0 Å². The van der Waals surface area contributed by atoms with Crippen LogP contribution < -0.4 is 0 Å². The molecule has 0 aromatic rings. The number of aliphatic hydroxyl groups is 1. The normalized spacial score (nSPS) is 35.8. The Balaban J connectivity index is 2.59. The van der Waals surface area contributed by atoms with Crippen molar-refractivity contribution in [3.8, 4) is 0 Å². The molecule has 0 aromatic heterocycles. The molecule has 1 rings (SSSR count). The molecule has 0 amide bonds. The molecule has 0 fully saturated rings. The van der Waals surface area contributed by atoms with Gasteiger partial charge in [-0.3, -0.25) is 0 Å². The molecule has 0 aliphatic heterocycles. The molecular formula is C6H8OS. The van der Waals surface area contributed by atoms with Crippen LogP contribution in [-0.2, 0) is 0 Å². The Bertz CT molecular complexity index is 112. The molecule has 0 unspecified atom stereocenters. The summed E-state index contributed by atoms with van der Waals surface area (Å²) in [5.41, 5.74) is 0. The number of thiol groups is 1. The first-order valence-corrected chi connectivity index (χ1v) is 3.03. The molecular weight excluding hydrogens is 120 g/mol. The summed E-state index contributed by atoms with van der Waals surface area (Å²) in [5.74, 6) is 0. The number of hydrogen-bond acceptors (Lipinski definition) is 2. The highest BCUT2D eigenvalue weighted by Crippen LogP contribution is 2.09. The largest absolute Gasteiger partial charge is 0.388 e.